The van der Waals surface area contributed by atoms with E-state index < -0.39 is 10.0 Å². The Balaban J connectivity index is 0.00000441. The Bertz CT molecular complexity index is 455. The molecule has 2 N–H and O–H groups in total. The van der Waals surface area contributed by atoms with Crippen molar-refractivity contribution >= 4 is 51.7 Å². The van der Waals surface area contributed by atoms with Crippen molar-refractivity contribution in [3.05, 3.63) is 0 Å². The Hall–Kier alpha value is 0.260. The number of aliphatic imine (C=N–C) groups is 1. The van der Waals surface area contributed by atoms with Gasteiger partial charge in [-0.15, -0.1) is 24.0 Å². The minimum absolute atomic E-state index is 0. The van der Waals surface area contributed by atoms with E-state index >= 15 is 0 Å². The molecule has 0 atom stereocenters. The average molecular weight is 464 g/mol. The number of guanidine groups is 1. The van der Waals surface area contributed by atoms with E-state index in [0.29, 0.717) is 26.2 Å². The molecule has 0 spiro atoms. The second-order valence-electron chi connectivity index (χ2n) is 5.65. The van der Waals surface area contributed by atoms with Gasteiger partial charge in [-0.3, -0.25) is 4.99 Å². The SMILES string of the molecule is CCNC(=NCC(C)(C)SC)NCCN1CCCS1(=O)=O.I. The summed E-state index contributed by atoms with van der Waals surface area (Å²) in [6, 6.07) is 0. The zero-order valence-corrected chi connectivity index (χ0v) is 17.8. The Labute approximate surface area is 156 Å². The smallest absolute Gasteiger partial charge is 0.214 e. The van der Waals surface area contributed by atoms with Crippen LogP contribution in [0.1, 0.15) is 27.2 Å². The van der Waals surface area contributed by atoms with Gasteiger partial charge in [-0.05, 0) is 33.4 Å². The molecule has 0 amide bonds. The van der Waals surface area contributed by atoms with Gasteiger partial charge >= 0.3 is 0 Å². The van der Waals surface area contributed by atoms with Crippen LogP contribution in [-0.4, -0.2) is 68.2 Å². The number of nitrogens with one attached hydrogen (secondary N) is 2. The number of halogens is 1. The third kappa shape index (κ3) is 7.69. The Kier molecular flexibility index (Phi) is 10.3. The molecule has 1 aliphatic heterocycles. The molecule has 0 aromatic rings. The molecule has 1 saturated heterocycles. The van der Waals surface area contributed by atoms with Crippen LogP contribution in [0.25, 0.3) is 0 Å². The van der Waals surface area contributed by atoms with E-state index in [1.165, 1.54) is 0 Å². The lowest BCUT2D eigenvalue weighted by atomic mass is 10.2. The fourth-order valence-corrected chi connectivity index (χ4v) is 3.64. The number of hydrogen-bond acceptors (Lipinski definition) is 4. The molecule has 1 aliphatic rings. The van der Waals surface area contributed by atoms with Crippen molar-refractivity contribution in [1.29, 1.82) is 0 Å². The second-order valence-corrected chi connectivity index (χ2v) is 9.26. The fourth-order valence-electron chi connectivity index (χ4n) is 1.92. The molecule has 1 rings (SSSR count). The van der Waals surface area contributed by atoms with Gasteiger partial charge in [0, 0.05) is 30.9 Å². The molecule has 0 aliphatic carbocycles. The van der Waals surface area contributed by atoms with Crippen LogP contribution in [0.2, 0.25) is 0 Å². The van der Waals surface area contributed by atoms with E-state index in [-0.39, 0.29) is 34.5 Å². The number of nitrogens with zero attached hydrogens (tertiary/aromatic N) is 2. The van der Waals surface area contributed by atoms with Crippen LogP contribution in [0.15, 0.2) is 4.99 Å². The second kappa shape index (κ2) is 10.2. The molecule has 1 fully saturated rings. The largest absolute Gasteiger partial charge is 0.357 e. The first-order valence-corrected chi connectivity index (χ1v) is 10.2. The summed E-state index contributed by atoms with van der Waals surface area (Å²) in [5.74, 6) is 1.03. The Morgan fingerprint density at radius 2 is 2.05 bits per heavy atom. The molecular formula is C13H29IN4O2S2. The highest BCUT2D eigenvalue weighted by Gasteiger charge is 2.27. The van der Waals surface area contributed by atoms with Gasteiger partial charge in [0.05, 0.1) is 12.3 Å². The van der Waals surface area contributed by atoms with Crippen molar-refractivity contribution in [2.45, 2.75) is 31.9 Å². The summed E-state index contributed by atoms with van der Waals surface area (Å²) in [6.07, 6.45) is 2.81. The number of thioether (sulfide) groups is 1. The summed E-state index contributed by atoms with van der Waals surface area (Å²) in [5, 5.41) is 6.39. The molecular weight excluding hydrogens is 435 g/mol. The fraction of sp³-hybridized carbons (Fsp3) is 0.923. The molecule has 9 heteroatoms. The van der Waals surface area contributed by atoms with E-state index in [4.69, 9.17) is 0 Å². The zero-order valence-electron chi connectivity index (χ0n) is 13.9. The van der Waals surface area contributed by atoms with Crippen LogP contribution in [-0.2, 0) is 10.0 Å². The van der Waals surface area contributed by atoms with E-state index in [9.17, 15) is 8.42 Å². The number of sulfonamides is 1. The third-order valence-corrected chi connectivity index (χ3v) is 6.56. The van der Waals surface area contributed by atoms with Gasteiger partial charge in [0.25, 0.3) is 0 Å². The third-order valence-electron chi connectivity index (χ3n) is 3.37. The molecule has 22 heavy (non-hydrogen) atoms. The van der Waals surface area contributed by atoms with Crippen LogP contribution >= 0.6 is 35.7 Å². The van der Waals surface area contributed by atoms with Crippen LogP contribution in [0, 0.1) is 0 Å². The van der Waals surface area contributed by atoms with Gasteiger partial charge in [0.2, 0.25) is 10.0 Å². The van der Waals surface area contributed by atoms with E-state index in [1.807, 2.05) is 6.92 Å². The molecule has 6 nitrogen and oxygen atoms in total. The molecule has 132 valence electrons. The van der Waals surface area contributed by atoms with Gasteiger partial charge in [0.1, 0.15) is 0 Å². The maximum Gasteiger partial charge on any atom is 0.214 e. The monoisotopic (exact) mass is 464 g/mol. The van der Waals surface area contributed by atoms with Gasteiger partial charge in [0.15, 0.2) is 5.96 Å². The van der Waals surface area contributed by atoms with Gasteiger partial charge in [-0.1, -0.05) is 0 Å². The predicted molar refractivity (Wildman–Crippen MR) is 107 cm³/mol. The van der Waals surface area contributed by atoms with Crippen LogP contribution in [0.5, 0.6) is 0 Å². The molecule has 0 bridgehead atoms. The minimum Gasteiger partial charge on any atom is -0.357 e. The van der Waals surface area contributed by atoms with Crippen molar-refractivity contribution in [2.24, 2.45) is 4.99 Å². The van der Waals surface area contributed by atoms with E-state index in [2.05, 4.69) is 35.7 Å². The van der Waals surface area contributed by atoms with Crippen LogP contribution in [0.3, 0.4) is 0 Å². The molecule has 0 aromatic heterocycles. The van der Waals surface area contributed by atoms with Crippen molar-refractivity contribution in [2.75, 3.05) is 44.7 Å². The average Bonchev–Trinajstić information content (AvgIpc) is 2.75. The van der Waals surface area contributed by atoms with E-state index in [0.717, 1.165) is 18.9 Å². The first-order valence-electron chi connectivity index (χ1n) is 7.36. The van der Waals surface area contributed by atoms with Crippen molar-refractivity contribution < 1.29 is 8.42 Å². The summed E-state index contributed by atoms with van der Waals surface area (Å²) in [6.45, 7) is 9.53. The predicted octanol–water partition coefficient (Wildman–Crippen LogP) is 1.34. The highest BCUT2D eigenvalue weighted by Crippen LogP contribution is 2.20. The van der Waals surface area contributed by atoms with Gasteiger partial charge in [-0.25, -0.2) is 12.7 Å². The lowest BCUT2D eigenvalue weighted by Crippen LogP contribution is -2.42. The summed E-state index contributed by atoms with van der Waals surface area (Å²) in [7, 11) is -3.01. The highest BCUT2D eigenvalue weighted by molar-refractivity contribution is 14.0. The van der Waals surface area contributed by atoms with Gasteiger partial charge in [-0.2, -0.15) is 11.8 Å². The standard InChI is InChI=1S/C13H28N4O2S2.HI/c1-5-14-12(16-11-13(2,3)20-4)15-7-9-17-8-6-10-21(17,18)19;/h5-11H2,1-4H3,(H2,14,15,16);1H. The lowest BCUT2D eigenvalue weighted by molar-refractivity contribution is 0.445. The first kappa shape index (κ1) is 22.3. The molecule has 0 saturated carbocycles. The summed E-state index contributed by atoms with van der Waals surface area (Å²) in [5.41, 5.74) is 0. The topological polar surface area (TPSA) is 73.8 Å². The maximum absolute atomic E-state index is 11.7. The van der Waals surface area contributed by atoms with Crippen molar-refractivity contribution in [3.63, 3.8) is 0 Å². The zero-order chi connectivity index (χ0) is 15.9. The van der Waals surface area contributed by atoms with E-state index in [1.54, 1.807) is 16.1 Å². The van der Waals surface area contributed by atoms with Crippen molar-refractivity contribution in [1.82, 2.24) is 14.9 Å². The summed E-state index contributed by atoms with van der Waals surface area (Å²) < 4.78 is 25.1. The molecule has 0 aromatic carbocycles. The number of rotatable bonds is 7. The quantitative estimate of drug-likeness (QED) is 0.338. The maximum atomic E-state index is 11.7. The summed E-state index contributed by atoms with van der Waals surface area (Å²) >= 11 is 1.78. The first-order chi connectivity index (χ1) is 9.80. The minimum atomic E-state index is -3.01. The molecule has 1 heterocycles. The summed E-state index contributed by atoms with van der Waals surface area (Å²) in [4.78, 5) is 4.56. The molecule has 0 unspecified atom stereocenters. The van der Waals surface area contributed by atoms with Crippen LogP contribution in [0.4, 0.5) is 0 Å². The normalized spacial score (nSPS) is 18.8. The molecule has 0 radical (unpaired) electrons. The lowest BCUT2D eigenvalue weighted by Gasteiger charge is -2.21. The van der Waals surface area contributed by atoms with Gasteiger partial charge < -0.3 is 10.6 Å². The Morgan fingerprint density at radius 3 is 2.55 bits per heavy atom. The van der Waals surface area contributed by atoms with Crippen LogP contribution < -0.4 is 10.6 Å². The van der Waals surface area contributed by atoms with Crippen molar-refractivity contribution in [3.8, 4) is 0 Å². The Morgan fingerprint density at radius 1 is 1.36 bits per heavy atom. The number of hydrogen-bond donors (Lipinski definition) is 2. The highest BCUT2D eigenvalue weighted by atomic mass is 127.